The molecule has 1 aliphatic heterocycles. The molecule has 0 aromatic heterocycles. The summed E-state index contributed by atoms with van der Waals surface area (Å²) in [6.07, 6.45) is -0.572. The lowest BCUT2D eigenvalue weighted by Crippen LogP contribution is -2.44. The summed E-state index contributed by atoms with van der Waals surface area (Å²) in [6.45, 7) is 5.95. The van der Waals surface area contributed by atoms with Gasteiger partial charge in [-0.05, 0) is 55.7 Å². The number of benzene rings is 3. The van der Waals surface area contributed by atoms with Gasteiger partial charge >= 0.3 is 0 Å². The topological polar surface area (TPSA) is 67.9 Å². The molecular weight excluding hydrogens is 404 g/mol. The van der Waals surface area contributed by atoms with E-state index in [-0.39, 0.29) is 18.4 Å². The van der Waals surface area contributed by atoms with Crippen LogP contribution in [0.1, 0.15) is 23.6 Å². The number of aryl methyl sites for hydroxylation is 2. The van der Waals surface area contributed by atoms with Crippen LogP contribution in [0.15, 0.2) is 66.7 Å². The molecule has 0 spiro atoms. The molecule has 0 aliphatic carbocycles. The number of nitrogens with zero attached hydrogens (tertiary/aromatic N) is 1. The van der Waals surface area contributed by atoms with Gasteiger partial charge in [0, 0.05) is 5.69 Å². The third-order valence-electron chi connectivity index (χ3n) is 5.39. The maximum Gasteiger partial charge on any atom is 0.268 e. The number of nitrogens with one attached hydrogen (secondary N) is 1. The second-order valence-electron chi connectivity index (χ2n) is 7.91. The van der Waals surface area contributed by atoms with Gasteiger partial charge < -0.3 is 19.7 Å². The van der Waals surface area contributed by atoms with E-state index in [1.807, 2.05) is 62.4 Å². The van der Waals surface area contributed by atoms with Gasteiger partial charge in [0.05, 0.1) is 12.2 Å². The van der Waals surface area contributed by atoms with E-state index < -0.39 is 6.10 Å². The number of anilines is 2. The molecule has 3 aromatic rings. The normalized spacial score (nSPS) is 15.0. The molecule has 0 radical (unpaired) electrons. The van der Waals surface area contributed by atoms with E-state index in [2.05, 4.69) is 5.32 Å². The molecule has 1 heterocycles. The lowest BCUT2D eigenvalue weighted by molar-refractivity contribution is -0.125. The lowest BCUT2D eigenvalue weighted by atomic mass is 10.1. The molecule has 0 saturated carbocycles. The highest BCUT2D eigenvalue weighted by Crippen LogP contribution is 2.37. The van der Waals surface area contributed by atoms with Gasteiger partial charge in [0.25, 0.3) is 11.8 Å². The predicted octanol–water partition coefficient (Wildman–Crippen LogP) is 4.64. The number of hydrogen-bond donors (Lipinski definition) is 1. The highest BCUT2D eigenvalue weighted by atomic mass is 16.5. The summed E-state index contributed by atoms with van der Waals surface area (Å²) in [7, 11) is 0. The monoisotopic (exact) mass is 430 g/mol. The molecule has 2 amide bonds. The first-order valence-corrected chi connectivity index (χ1v) is 10.6. The number of hydrogen-bond acceptors (Lipinski definition) is 4. The number of rotatable bonds is 6. The molecule has 3 aromatic carbocycles. The average molecular weight is 431 g/mol. The summed E-state index contributed by atoms with van der Waals surface area (Å²) in [5.74, 6) is 0.926. The molecule has 32 heavy (non-hydrogen) atoms. The first kappa shape index (κ1) is 21.4. The zero-order valence-electron chi connectivity index (χ0n) is 18.4. The SMILES string of the molecule is Cc1cccc(C)c1OCC(=O)Nc1ccc2c(c1)N(Cc1ccccc1)C(=O)C(C)O2. The Morgan fingerprint density at radius 3 is 2.47 bits per heavy atom. The van der Waals surface area contributed by atoms with Crippen molar-refractivity contribution in [3.63, 3.8) is 0 Å². The smallest absolute Gasteiger partial charge is 0.268 e. The molecule has 1 aliphatic rings. The quantitative estimate of drug-likeness (QED) is 0.619. The first-order valence-electron chi connectivity index (χ1n) is 10.6. The Hall–Kier alpha value is -3.80. The molecular formula is C26H26N2O4. The average Bonchev–Trinajstić information content (AvgIpc) is 2.77. The molecule has 0 saturated heterocycles. The molecule has 4 rings (SSSR count). The Morgan fingerprint density at radius 1 is 1.03 bits per heavy atom. The highest BCUT2D eigenvalue weighted by molar-refractivity contribution is 6.01. The molecule has 164 valence electrons. The molecule has 6 nitrogen and oxygen atoms in total. The van der Waals surface area contributed by atoms with E-state index in [4.69, 9.17) is 9.47 Å². The van der Waals surface area contributed by atoms with Crippen LogP contribution in [0.3, 0.4) is 0 Å². The standard InChI is InChI=1S/C26H26N2O4/c1-17-8-7-9-18(2)25(17)31-16-24(29)27-21-12-13-23-22(14-21)28(26(30)19(3)32-23)15-20-10-5-4-6-11-20/h4-14,19H,15-16H2,1-3H3,(H,27,29). The molecule has 1 atom stereocenters. The Labute approximate surface area is 187 Å². The van der Waals surface area contributed by atoms with E-state index in [1.165, 1.54) is 0 Å². The minimum atomic E-state index is -0.572. The van der Waals surface area contributed by atoms with Crippen molar-refractivity contribution in [1.29, 1.82) is 0 Å². The highest BCUT2D eigenvalue weighted by Gasteiger charge is 2.31. The Bertz CT molecular complexity index is 1120. The van der Waals surface area contributed by atoms with Crippen LogP contribution in [0.2, 0.25) is 0 Å². The van der Waals surface area contributed by atoms with E-state index in [9.17, 15) is 9.59 Å². The van der Waals surface area contributed by atoms with Crippen molar-refractivity contribution in [2.45, 2.75) is 33.4 Å². The van der Waals surface area contributed by atoms with Gasteiger partial charge in [-0.2, -0.15) is 0 Å². The largest absolute Gasteiger partial charge is 0.483 e. The van der Waals surface area contributed by atoms with Crippen LogP contribution in [-0.4, -0.2) is 24.5 Å². The number of fused-ring (bicyclic) bond motifs is 1. The first-order chi connectivity index (χ1) is 15.4. The van der Waals surface area contributed by atoms with Gasteiger partial charge in [0.2, 0.25) is 0 Å². The third kappa shape index (κ3) is 4.59. The van der Waals surface area contributed by atoms with Crippen LogP contribution in [0.25, 0.3) is 0 Å². The summed E-state index contributed by atoms with van der Waals surface area (Å²) >= 11 is 0. The minimum Gasteiger partial charge on any atom is -0.483 e. The fourth-order valence-corrected chi connectivity index (χ4v) is 3.78. The van der Waals surface area contributed by atoms with E-state index in [0.717, 1.165) is 22.4 Å². The van der Waals surface area contributed by atoms with Gasteiger partial charge in [-0.3, -0.25) is 9.59 Å². The maximum atomic E-state index is 12.8. The number of para-hydroxylation sites is 1. The van der Waals surface area contributed by atoms with Crippen LogP contribution >= 0.6 is 0 Å². The van der Waals surface area contributed by atoms with Gasteiger partial charge in [-0.1, -0.05) is 48.5 Å². The van der Waals surface area contributed by atoms with Crippen LogP contribution in [0.5, 0.6) is 11.5 Å². The van der Waals surface area contributed by atoms with Crippen molar-refractivity contribution >= 4 is 23.2 Å². The Balaban J connectivity index is 1.50. The van der Waals surface area contributed by atoms with Gasteiger partial charge in [-0.15, -0.1) is 0 Å². The maximum absolute atomic E-state index is 12.8. The number of carbonyl (C=O) groups is 2. The van der Waals surface area contributed by atoms with Crippen molar-refractivity contribution in [3.05, 3.63) is 83.4 Å². The van der Waals surface area contributed by atoms with Gasteiger partial charge in [0.1, 0.15) is 11.5 Å². The molecule has 0 fully saturated rings. The molecule has 0 bridgehead atoms. The summed E-state index contributed by atoms with van der Waals surface area (Å²) in [4.78, 5) is 27.1. The molecule has 1 N–H and O–H groups in total. The van der Waals surface area contributed by atoms with Crippen molar-refractivity contribution in [3.8, 4) is 11.5 Å². The summed E-state index contributed by atoms with van der Waals surface area (Å²) in [5, 5.41) is 2.85. The fourth-order valence-electron chi connectivity index (χ4n) is 3.78. The molecule has 6 heteroatoms. The summed E-state index contributed by atoms with van der Waals surface area (Å²) in [5.41, 5.74) is 4.17. The van der Waals surface area contributed by atoms with Crippen LogP contribution in [0, 0.1) is 13.8 Å². The minimum absolute atomic E-state index is 0.108. The van der Waals surface area contributed by atoms with E-state index >= 15 is 0 Å². The van der Waals surface area contributed by atoms with Crippen LogP contribution < -0.4 is 19.7 Å². The second-order valence-corrected chi connectivity index (χ2v) is 7.91. The van der Waals surface area contributed by atoms with Crippen LogP contribution in [-0.2, 0) is 16.1 Å². The number of carbonyl (C=O) groups excluding carboxylic acids is 2. The van der Waals surface area contributed by atoms with Crippen molar-refractivity contribution in [1.82, 2.24) is 0 Å². The zero-order valence-corrected chi connectivity index (χ0v) is 18.4. The fraction of sp³-hybridized carbons (Fsp3) is 0.231. The Kier molecular flexibility index (Phi) is 6.12. The number of ether oxygens (including phenoxy) is 2. The predicted molar refractivity (Wildman–Crippen MR) is 124 cm³/mol. The van der Waals surface area contributed by atoms with E-state index in [0.29, 0.717) is 23.7 Å². The summed E-state index contributed by atoms with van der Waals surface area (Å²) in [6, 6.07) is 20.9. The van der Waals surface area contributed by atoms with Gasteiger partial charge in [-0.25, -0.2) is 0 Å². The third-order valence-corrected chi connectivity index (χ3v) is 5.39. The number of amides is 2. The van der Waals surface area contributed by atoms with E-state index in [1.54, 1.807) is 30.0 Å². The van der Waals surface area contributed by atoms with Crippen LogP contribution in [0.4, 0.5) is 11.4 Å². The second kappa shape index (κ2) is 9.14. The van der Waals surface area contributed by atoms with Crippen molar-refractivity contribution < 1.29 is 19.1 Å². The van der Waals surface area contributed by atoms with Crippen molar-refractivity contribution in [2.24, 2.45) is 0 Å². The lowest BCUT2D eigenvalue weighted by Gasteiger charge is -2.33. The Morgan fingerprint density at radius 2 is 1.75 bits per heavy atom. The molecule has 1 unspecified atom stereocenters. The summed E-state index contributed by atoms with van der Waals surface area (Å²) < 4.78 is 11.5. The van der Waals surface area contributed by atoms with Crippen molar-refractivity contribution in [2.75, 3.05) is 16.8 Å². The zero-order chi connectivity index (χ0) is 22.7. The van der Waals surface area contributed by atoms with Gasteiger partial charge in [0.15, 0.2) is 12.7 Å².